The summed E-state index contributed by atoms with van der Waals surface area (Å²) in [6, 6.07) is 9.79. The maximum absolute atomic E-state index is 11.8. The van der Waals surface area contributed by atoms with Crippen LogP contribution in [0.4, 0.5) is 17.5 Å². The summed E-state index contributed by atoms with van der Waals surface area (Å²) < 4.78 is 6.12. The second-order valence-corrected chi connectivity index (χ2v) is 9.77. The van der Waals surface area contributed by atoms with Crippen molar-refractivity contribution in [3.63, 3.8) is 0 Å². The molecule has 2 aliphatic rings. The van der Waals surface area contributed by atoms with E-state index in [9.17, 15) is 4.79 Å². The van der Waals surface area contributed by atoms with Crippen molar-refractivity contribution >= 4 is 45.9 Å². The molecule has 1 aliphatic heterocycles. The normalized spacial score (nSPS) is 16.0. The molecule has 4 aromatic rings. The van der Waals surface area contributed by atoms with Crippen molar-refractivity contribution in [3.8, 4) is 11.8 Å². The van der Waals surface area contributed by atoms with Crippen molar-refractivity contribution in [2.75, 3.05) is 36.4 Å². The summed E-state index contributed by atoms with van der Waals surface area (Å²) in [5, 5.41) is 12.2. The SMILES string of the molecule is CC(=O)N1CCN(c2cc(Nc3cc(C4CC4)[nH]n3)nc(Oc3ccc4[nH]c(C)cc4c3Cl)n2)CC1. The number of aryl methyl sites for hydroxylation is 1. The average molecular weight is 507 g/mol. The molecule has 0 unspecified atom stereocenters. The lowest BCUT2D eigenvalue weighted by Crippen LogP contribution is -2.48. The number of anilines is 3. The van der Waals surface area contributed by atoms with Crippen molar-refractivity contribution in [1.82, 2.24) is 30.0 Å². The van der Waals surface area contributed by atoms with Gasteiger partial charge in [-0.25, -0.2) is 0 Å². The number of H-pyrrole nitrogens is 2. The standard InChI is InChI=1S/C25H27ClN8O2/c1-14-11-17-18(27-14)5-6-20(24(17)26)36-25-29-21(28-22-12-19(31-32-22)16-3-4-16)13-23(30-25)34-9-7-33(8-10-34)15(2)35/h5-6,11-13,16,27H,3-4,7-10H2,1-2H3,(H2,28,29,30,31,32). The summed E-state index contributed by atoms with van der Waals surface area (Å²) in [4.78, 5) is 28.3. The highest BCUT2D eigenvalue weighted by molar-refractivity contribution is 6.37. The molecule has 1 aromatic carbocycles. The fraction of sp³-hybridized carbons (Fsp3) is 0.360. The second-order valence-electron chi connectivity index (χ2n) is 9.39. The molecule has 4 heterocycles. The Morgan fingerprint density at radius 3 is 2.67 bits per heavy atom. The summed E-state index contributed by atoms with van der Waals surface area (Å²) in [7, 11) is 0. The maximum Gasteiger partial charge on any atom is 0.325 e. The number of amides is 1. The minimum atomic E-state index is 0.0822. The van der Waals surface area contributed by atoms with Crippen molar-refractivity contribution in [3.05, 3.63) is 46.7 Å². The first kappa shape index (κ1) is 22.7. The molecule has 6 rings (SSSR count). The predicted octanol–water partition coefficient (Wildman–Crippen LogP) is 4.72. The predicted molar refractivity (Wildman–Crippen MR) is 138 cm³/mol. The van der Waals surface area contributed by atoms with Gasteiger partial charge in [-0.15, -0.1) is 0 Å². The zero-order chi connectivity index (χ0) is 24.8. The van der Waals surface area contributed by atoms with E-state index in [1.807, 2.05) is 42.2 Å². The van der Waals surface area contributed by atoms with Gasteiger partial charge in [0.25, 0.3) is 0 Å². The Bertz CT molecular complexity index is 1440. The maximum atomic E-state index is 11.8. The lowest BCUT2D eigenvalue weighted by Gasteiger charge is -2.35. The third-order valence-electron chi connectivity index (χ3n) is 6.65. The summed E-state index contributed by atoms with van der Waals surface area (Å²) in [5.41, 5.74) is 3.09. The van der Waals surface area contributed by atoms with Crippen molar-refractivity contribution in [2.24, 2.45) is 0 Å². The first-order chi connectivity index (χ1) is 17.4. The third kappa shape index (κ3) is 4.56. The number of fused-ring (bicyclic) bond motifs is 1. The quantitative estimate of drug-likeness (QED) is 0.346. The number of ether oxygens (including phenoxy) is 1. The van der Waals surface area contributed by atoms with Crippen molar-refractivity contribution < 1.29 is 9.53 Å². The Morgan fingerprint density at radius 1 is 1.11 bits per heavy atom. The van der Waals surface area contributed by atoms with E-state index in [1.165, 1.54) is 12.8 Å². The number of benzene rings is 1. The second kappa shape index (κ2) is 9.02. The van der Waals surface area contributed by atoms with Gasteiger partial charge in [-0.3, -0.25) is 9.89 Å². The topological polar surface area (TPSA) is 115 Å². The Balaban J connectivity index is 1.31. The number of carbonyl (C=O) groups excluding carboxylic acids is 1. The van der Waals surface area contributed by atoms with E-state index < -0.39 is 0 Å². The van der Waals surface area contributed by atoms with Crippen LogP contribution in [-0.4, -0.2) is 62.1 Å². The summed E-state index contributed by atoms with van der Waals surface area (Å²) in [6.07, 6.45) is 2.38. The molecule has 2 fully saturated rings. The van der Waals surface area contributed by atoms with Crippen LogP contribution in [0.2, 0.25) is 5.02 Å². The zero-order valence-electron chi connectivity index (χ0n) is 20.1. The van der Waals surface area contributed by atoms with Crippen LogP contribution >= 0.6 is 11.6 Å². The van der Waals surface area contributed by atoms with E-state index in [0.717, 1.165) is 22.3 Å². The van der Waals surface area contributed by atoms with Gasteiger partial charge in [0.05, 0.1) is 5.02 Å². The molecule has 1 amide bonds. The van der Waals surface area contributed by atoms with Crippen LogP contribution < -0.4 is 15.0 Å². The van der Waals surface area contributed by atoms with E-state index in [0.29, 0.717) is 60.3 Å². The van der Waals surface area contributed by atoms with Crippen molar-refractivity contribution in [1.29, 1.82) is 0 Å². The smallest absolute Gasteiger partial charge is 0.325 e. The lowest BCUT2D eigenvalue weighted by molar-refractivity contribution is -0.129. The number of aromatic amines is 2. The van der Waals surface area contributed by atoms with Gasteiger partial charge in [0.1, 0.15) is 17.4 Å². The summed E-state index contributed by atoms with van der Waals surface area (Å²) in [6.45, 7) is 6.19. The minimum absolute atomic E-state index is 0.0822. The molecule has 3 N–H and O–H groups in total. The number of piperazine rings is 1. The third-order valence-corrected chi connectivity index (χ3v) is 7.04. The molecule has 10 nitrogen and oxygen atoms in total. The fourth-order valence-corrected chi connectivity index (χ4v) is 4.79. The summed E-state index contributed by atoms with van der Waals surface area (Å²) >= 11 is 6.67. The number of hydrogen-bond donors (Lipinski definition) is 3. The monoisotopic (exact) mass is 506 g/mol. The molecule has 1 saturated carbocycles. The van der Waals surface area contributed by atoms with Gasteiger partial charge < -0.3 is 24.8 Å². The van der Waals surface area contributed by atoms with E-state index in [4.69, 9.17) is 16.3 Å². The highest BCUT2D eigenvalue weighted by atomic mass is 35.5. The van der Waals surface area contributed by atoms with Crippen LogP contribution in [0.3, 0.4) is 0 Å². The molecule has 0 radical (unpaired) electrons. The largest absolute Gasteiger partial charge is 0.423 e. The van der Waals surface area contributed by atoms with Gasteiger partial charge in [0.15, 0.2) is 5.82 Å². The van der Waals surface area contributed by atoms with Crippen LogP contribution in [0.5, 0.6) is 11.8 Å². The van der Waals surface area contributed by atoms with Crippen LogP contribution in [-0.2, 0) is 4.79 Å². The lowest BCUT2D eigenvalue weighted by atomic mass is 10.2. The van der Waals surface area contributed by atoms with Crippen molar-refractivity contribution in [2.45, 2.75) is 32.6 Å². The molecule has 11 heteroatoms. The molecular weight excluding hydrogens is 480 g/mol. The van der Waals surface area contributed by atoms with E-state index in [-0.39, 0.29) is 11.9 Å². The minimum Gasteiger partial charge on any atom is -0.423 e. The number of aromatic nitrogens is 5. The molecule has 0 bridgehead atoms. The Labute approximate surface area is 213 Å². The highest BCUT2D eigenvalue weighted by Crippen LogP contribution is 2.40. The number of carbonyl (C=O) groups is 1. The zero-order valence-corrected chi connectivity index (χ0v) is 20.9. The van der Waals surface area contributed by atoms with Gasteiger partial charge in [-0.2, -0.15) is 15.1 Å². The van der Waals surface area contributed by atoms with Crippen LogP contribution in [0.1, 0.15) is 37.1 Å². The van der Waals surface area contributed by atoms with E-state index in [2.05, 4.69) is 35.4 Å². The Morgan fingerprint density at radius 2 is 1.92 bits per heavy atom. The van der Waals surface area contributed by atoms with Gasteiger partial charge in [-0.05, 0) is 38.0 Å². The summed E-state index contributed by atoms with van der Waals surface area (Å²) in [5.74, 6) is 3.09. The fourth-order valence-electron chi connectivity index (χ4n) is 4.54. The van der Waals surface area contributed by atoms with Gasteiger partial charge in [-0.1, -0.05) is 11.6 Å². The molecule has 186 valence electrons. The first-order valence-electron chi connectivity index (χ1n) is 12.1. The molecule has 3 aromatic heterocycles. The van der Waals surface area contributed by atoms with E-state index in [1.54, 1.807) is 6.92 Å². The number of nitrogens with zero attached hydrogens (tertiary/aromatic N) is 5. The number of rotatable bonds is 6. The number of nitrogens with one attached hydrogen (secondary N) is 3. The average Bonchev–Trinajstić information content (AvgIpc) is 3.49. The Kier molecular flexibility index (Phi) is 5.67. The molecule has 0 spiro atoms. The number of halogens is 1. The highest BCUT2D eigenvalue weighted by Gasteiger charge is 2.26. The van der Waals surface area contributed by atoms with Crippen LogP contribution in [0.15, 0.2) is 30.3 Å². The molecule has 1 saturated heterocycles. The molecule has 0 atom stereocenters. The van der Waals surface area contributed by atoms with Gasteiger partial charge in [0.2, 0.25) is 5.91 Å². The molecule has 1 aliphatic carbocycles. The van der Waals surface area contributed by atoms with Gasteiger partial charge >= 0.3 is 6.01 Å². The molecule has 36 heavy (non-hydrogen) atoms. The van der Waals surface area contributed by atoms with Gasteiger partial charge in [0, 0.05) is 73.4 Å². The van der Waals surface area contributed by atoms with Crippen LogP contribution in [0.25, 0.3) is 10.9 Å². The molecular formula is C25H27ClN8O2. The Hall–Kier alpha value is -3.79. The number of hydrogen-bond acceptors (Lipinski definition) is 7. The first-order valence-corrected chi connectivity index (χ1v) is 12.5. The van der Waals surface area contributed by atoms with E-state index >= 15 is 0 Å². The van der Waals surface area contributed by atoms with Crippen LogP contribution in [0, 0.1) is 6.92 Å².